The number of hydrogen-bond donors (Lipinski definition) is 3. The summed E-state index contributed by atoms with van der Waals surface area (Å²) in [6, 6.07) is 1.83. The van der Waals surface area contributed by atoms with E-state index in [4.69, 9.17) is 22.2 Å². The van der Waals surface area contributed by atoms with Gasteiger partial charge in [0.2, 0.25) is 4.80 Å². The molecule has 1 heterocycles. The summed E-state index contributed by atoms with van der Waals surface area (Å²) in [5.74, 6) is 5.39. The van der Waals surface area contributed by atoms with Crippen LogP contribution in [0.25, 0.3) is 0 Å². The number of nitrogen functional groups attached to an aromatic ring is 2. The molecule has 0 saturated heterocycles. The third kappa shape index (κ3) is 0.728. The second kappa shape index (κ2) is 2.04. The van der Waals surface area contributed by atoms with Crippen molar-refractivity contribution < 1.29 is 0 Å². The zero-order valence-corrected chi connectivity index (χ0v) is 5.77. The number of nitrogens with one attached hydrogen (secondary N) is 1. The van der Waals surface area contributed by atoms with Gasteiger partial charge in [0.15, 0.2) is 5.82 Å². The molecule has 6 heteroatoms. The minimum Gasteiger partial charge on any atom is -0.382 e. The molecule has 0 fully saturated rings. The fourth-order valence-corrected chi connectivity index (χ4v) is 1.14. The normalized spacial score (nSPS) is 9.10. The molecule has 0 aliphatic carbocycles. The molecule has 0 radical (unpaired) electrons. The summed E-state index contributed by atoms with van der Waals surface area (Å²) < 4.78 is 0.975. The first-order valence-electron chi connectivity index (χ1n) is 2.38. The molecule has 0 saturated carbocycles. The second-order valence-electron chi connectivity index (χ2n) is 1.60. The molecule has 0 atom stereocenters. The van der Waals surface area contributed by atoms with E-state index < -0.39 is 0 Å². The number of nitrogens with zero attached hydrogens (tertiary/aromatic N) is 2. The van der Waals surface area contributed by atoms with E-state index in [1.54, 1.807) is 0 Å². The number of aromatic nitrogens is 1. The Morgan fingerprint density at radius 2 is 2.30 bits per heavy atom. The van der Waals surface area contributed by atoms with Gasteiger partial charge in [0.1, 0.15) is 10.9 Å². The number of nitrogens with two attached hydrogens (primary N) is 2. The zero-order valence-electron chi connectivity index (χ0n) is 4.96. The van der Waals surface area contributed by atoms with E-state index in [1.165, 1.54) is 0 Å². The maximum absolute atomic E-state index is 8.38. The van der Waals surface area contributed by atoms with Gasteiger partial charge in [0.05, 0.1) is 0 Å². The van der Waals surface area contributed by atoms with Crippen molar-refractivity contribution in [2.75, 3.05) is 11.6 Å². The Balaban J connectivity index is 3.50. The topological polar surface area (TPSA) is 105 Å². The molecule has 0 unspecified atom stereocenters. The van der Waals surface area contributed by atoms with Crippen LogP contribution in [-0.2, 0) is 0 Å². The summed E-state index contributed by atoms with van der Waals surface area (Å²) >= 11 is 0.959. The summed E-state index contributed by atoms with van der Waals surface area (Å²) in [4.78, 5) is 0.363. The summed E-state index contributed by atoms with van der Waals surface area (Å²) in [6.45, 7) is 0. The van der Waals surface area contributed by atoms with Gasteiger partial charge in [-0.15, -0.1) is 0 Å². The number of nitriles is 1. The molecule has 52 valence electrons. The van der Waals surface area contributed by atoms with Crippen molar-refractivity contribution in [2.45, 2.75) is 0 Å². The Bertz CT molecular complexity index is 340. The van der Waals surface area contributed by atoms with Crippen LogP contribution < -0.4 is 16.4 Å². The highest BCUT2D eigenvalue weighted by molar-refractivity contribution is 7.10. The molecule has 0 amide bonds. The van der Waals surface area contributed by atoms with Crippen LogP contribution in [0.5, 0.6) is 0 Å². The van der Waals surface area contributed by atoms with Crippen LogP contribution in [0.3, 0.4) is 0 Å². The predicted molar refractivity (Wildman–Crippen MR) is 37.4 cm³/mol. The first kappa shape index (κ1) is 6.64. The van der Waals surface area contributed by atoms with E-state index in [0.29, 0.717) is 0 Å². The molecule has 0 aliphatic rings. The van der Waals surface area contributed by atoms with E-state index in [2.05, 4.69) is 0 Å². The van der Waals surface area contributed by atoms with Gasteiger partial charge in [-0.05, 0) is 0 Å². The molecule has 0 bridgehead atoms. The standard InChI is InChI=1S/C4H5N5S/c5-1-2-3(6)9(8)4(7)10-2/h7H,6,8H2. The van der Waals surface area contributed by atoms with E-state index >= 15 is 0 Å². The predicted octanol–water partition coefficient (Wildman–Crippen LogP) is -0.803. The van der Waals surface area contributed by atoms with Gasteiger partial charge < -0.3 is 11.6 Å². The Morgan fingerprint density at radius 1 is 1.70 bits per heavy atom. The minimum atomic E-state index is 0.0778. The maximum Gasteiger partial charge on any atom is 0.203 e. The molecule has 1 aromatic rings. The highest BCUT2D eigenvalue weighted by atomic mass is 32.1. The Kier molecular flexibility index (Phi) is 1.35. The Hall–Kier alpha value is -1.48. The molecular formula is C4H5N5S. The lowest BCUT2D eigenvalue weighted by Gasteiger charge is -1.91. The maximum atomic E-state index is 8.38. The molecule has 0 aliphatic heterocycles. The molecule has 1 rings (SSSR count). The number of anilines is 1. The fraction of sp³-hybridized carbons (Fsp3) is 0. The summed E-state index contributed by atoms with van der Waals surface area (Å²) in [7, 11) is 0. The summed E-state index contributed by atoms with van der Waals surface area (Å²) in [5, 5.41) is 15.5. The Morgan fingerprint density at radius 3 is 2.50 bits per heavy atom. The highest BCUT2D eigenvalue weighted by Gasteiger charge is 2.04. The van der Waals surface area contributed by atoms with E-state index in [0.717, 1.165) is 16.0 Å². The number of hydrogen-bond acceptors (Lipinski definition) is 5. The quantitative estimate of drug-likeness (QED) is 0.427. The van der Waals surface area contributed by atoms with Gasteiger partial charge in [0, 0.05) is 0 Å². The van der Waals surface area contributed by atoms with Crippen LogP contribution >= 0.6 is 11.3 Å². The monoisotopic (exact) mass is 155 g/mol. The highest BCUT2D eigenvalue weighted by Crippen LogP contribution is 2.09. The van der Waals surface area contributed by atoms with Gasteiger partial charge in [-0.3, -0.25) is 5.41 Å². The summed E-state index contributed by atoms with van der Waals surface area (Å²) in [6.07, 6.45) is 0. The molecule has 5 nitrogen and oxygen atoms in total. The van der Waals surface area contributed by atoms with Crippen LogP contribution in [0.4, 0.5) is 5.82 Å². The average molecular weight is 155 g/mol. The van der Waals surface area contributed by atoms with Gasteiger partial charge in [-0.2, -0.15) is 5.26 Å². The van der Waals surface area contributed by atoms with E-state index in [9.17, 15) is 0 Å². The van der Waals surface area contributed by atoms with Crippen molar-refractivity contribution in [2.24, 2.45) is 0 Å². The van der Waals surface area contributed by atoms with Gasteiger partial charge in [-0.1, -0.05) is 11.3 Å². The minimum absolute atomic E-state index is 0.0778. The van der Waals surface area contributed by atoms with Crippen molar-refractivity contribution >= 4 is 17.2 Å². The van der Waals surface area contributed by atoms with E-state index in [-0.39, 0.29) is 15.5 Å². The van der Waals surface area contributed by atoms with Crippen molar-refractivity contribution in [1.82, 2.24) is 4.68 Å². The van der Waals surface area contributed by atoms with Crippen LogP contribution in [0, 0.1) is 16.7 Å². The second-order valence-corrected chi connectivity index (χ2v) is 2.60. The first-order valence-corrected chi connectivity index (χ1v) is 3.19. The lowest BCUT2D eigenvalue weighted by Crippen LogP contribution is -2.23. The third-order valence-electron chi connectivity index (χ3n) is 1.01. The van der Waals surface area contributed by atoms with Crippen LogP contribution in [0.1, 0.15) is 4.88 Å². The fourth-order valence-electron chi connectivity index (χ4n) is 0.497. The zero-order chi connectivity index (χ0) is 7.72. The molecule has 0 spiro atoms. The first-order chi connectivity index (χ1) is 4.66. The molecular weight excluding hydrogens is 150 g/mol. The van der Waals surface area contributed by atoms with Crippen molar-refractivity contribution in [1.29, 1.82) is 10.7 Å². The largest absolute Gasteiger partial charge is 0.382 e. The number of thiazole rings is 1. The average Bonchev–Trinajstić information content (AvgIpc) is 2.17. The van der Waals surface area contributed by atoms with Crippen LogP contribution in [-0.4, -0.2) is 4.68 Å². The smallest absolute Gasteiger partial charge is 0.203 e. The van der Waals surface area contributed by atoms with Gasteiger partial charge in [0.25, 0.3) is 0 Å². The van der Waals surface area contributed by atoms with E-state index in [1.807, 2.05) is 6.07 Å². The number of rotatable bonds is 0. The lowest BCUT2D eigenvalue weighted by atomic mass is 10.5. The van der Waals surface area contributed by atoms with Crippen LogP contribution in [0.2, 0.25) is 0 Å². The van der Waals surface area contributed by atoms with Crippen molar-refractivity contribution in [3.8, 4) is 6.07 Å². The Labute approximate surface area is 60.6 Å². The van der Waals surface area contributed by atoms with Gasteiger partial charge >= 0.3 is 0 Å². The molecule has 0 aromatic carbocycles. The third-order valence-corrected chi connectivity index (χ3v) is 1.91. The van der Waals surface area contributed by atoms with Crippen molar-refractivity contribution in [3.63, 3.8) is 0 Å². The van der Waals surface area contributed by atoms with Crippen molar-refractivity contribution in [3.05, 3.63) is 9.68 Å². The SMILES string of the molecule is N#Cc1sc(=N)n(N)c1N. The van der Waals surface area contributed by atoms with Gasteiger partial charge in [-0.25, -0.2) is 4.68 Å². The summed E-state index contributed by atoms with van der Waals surface area (Å²) in [5.41, 5.74) is 5.32. The molecule has 10 heavy (non-hydrogen) atoms. The van der Waals surface area contributed by atoms with Crippen LogP contribution in [0.15, 0.2) is 0 Å². The lowest BCUT2D eigenvalue weighted by molar-refractivity contribution is 0.941. The molecule has 1 aromatic heterocycles. The molecule has 5 N–H and O–H groups in total.